The van der Waals surface area contributed by atoms with Crippen LogP contribution in [0.15, 0.2) is 60.7 Å². The van der Waals surface area contributed by atoms with Crippen molar-refractivity contribution in [2.24, 2.45) is 0 Å². The van der Waals surface area contributed by atoms with E-state index in [0.717, 1.165) is 0 Å². The van der Waals surface area contributed by atoms with Crippen LogP contribution in [0.1, 0.15) is 20.8 Å². The van der Waals surface area contributed by atoms with Crippen LogP contribution in [0.5, 0.6) is 0 Å². The monoisotopic (exact) mass is 272 g/mol. The van der Waals surface area contributed by atoms with Crippen molar-refractivity contribution < 1.29 is 0 Å². The van der Waals surface area contributed by atoms with Gasteiger partial charge in [-0.1, -0.05) is 81.4 Å². The summed E-state index contributed by atoms with van der Waals surface area (Å²) in [7, 11) is -2.01. The van der Waals surface area contributed by atoms with Crippen molar-refractivity contribution in [1.29, 1.82) is 0 Å². The first kappa shape index (κ1) is 13.4. The zero-order valence-electron chi connectivity index (χ0n) is 11.2. The largest absolute Gasteiger partial charge is 0.191 e. The number of benzene rings is 2. The van der Waals surface area contributed by atoms with Crippen molar-refractivity contribution in [3.63, 3.8) is 0 Å². The Morgan fingerprint density at radius 1 is 0.722 bits per heavy atom. The molecular weight excluding hydrogens is 252 g/mol. The van der Waals surface area contributed by atoms with E-state index in [1.54, 1.807) is 0 Å². The molecule has 0 heterocycles. The molecule has 0 fully saturated rings. The molecule has 0 aliphatic carbocycles. The molecule has 18 heavy (non-hydrogen) atoms. The van der Waals surface area contributed by atoms with Gasteiger partial charge in [-0.15, -0.1) is 0 Å². The van der Waals surface area contributed by atoms with Crippen LogP contribution in [0, 0.1) is 0 Å². The topological polar surface area (TPSA) is 0 Å². The fraction of sp³-hybridized carbons (Fsp3) is 0.250. The maximum atomic E-state index is 5.22. The minimum atomic E-state index is -2.01. The lowest BCUT2D eigenvalue weighted by Crippen LogP contribution is -2.59. The van der Waals surface area contributed by atoms with Crippen molar-refractivity contribution >= 4 is 29.7 Å². The zero-order chi connectivity index (χ0) is 13.2. The summed E-state index contributed by atoms with van der Waals surface area (Å²) in [6, 6.07) is 21.5. The lowest BCUT2D eigenvalue weighted by Gasteiger charge is -2.39. The quantitative estimate of drug-likeness (QED) is 0.628. The van der Waals surface area contributed by atoms with E-state index in [1.165, 1.54) is 10.4 Å². The third kappa shape index (κ3) is 2.27. The Balaban J connectivity index is 2.63. The number of hydrogen-bond acceptors (Lipinski definition) is 1. The predicted molar refractivity (Wildman–Crippen MR) is 86.6 cm³/mol. The van der Waals surface area contributed by atoms with Gasteiger partial charge >= 0.3 is 0 Å². The number of thiol groups is 1. The molecule has 0 nitrogen and oxygen atoms in total. The van der Waals surface area contributed by atoms with E-state index in [4.69, 9.17) is 12.1 Å². The molecule has 2 rings (SSSR count). The number of rotatable bonds is 2. The van der Waals surface area contributed by atoms with Gasteiger partial charge in [-0.05, 0) is 15.4 Å². The average molecular weight is 272 g/mol. The van der Waals surface area contributed by atoms with E-state index in [-0.39, 0.29) is 5.04 Å². The van der Waals surface area contributed by atoms with Crippen molar-refractivity contribution in [1.82, 2.24) is 0 Å². The number of hydrogen-bond donors (Lipinski definition) is 1. The SMILES string of the molecule is CC(C)(C)[Si](S)(c1ccccc1)c1ccccc1. The van der Waals surface area contributed by atoms with Gasteiger partial charge in [-0.2, -0.15) is 12.1 Å². The molecule has 0 aromatic heterocycles. The summed E-state index contributed by atoms with van der Waals surface area (Å²) in [6.45, 7) is 6.89. The highest BCUT2D eigenvalue weighted by Crippen LogP contribution is 2.37. The summed E-state index contributed by atoms with van der Waals surface area (Å²) in [5, 5.41) is 2.93. The van der Waals surface area contributed by atoms with Gasteiger partial charge in [0.25, 0.3) is 0 Å². The van der Waals surface area contributed by atoms with E-state index in [0.29, 0.717) is 0 Å². The summed E-state index contributed by atoms with van der Waals surface area (Å²) in [5.41, 5.74) is 0. The molecule has 2 aromatic rings. The molecule has 2 heteroatoms. The minimum absolute atomic E-state index is 0.165. The van der Waals surface area contributed by atoms with E-state index >= 15 is 0 Å². The van der Waals surface area contributed by atoms with Gasteiger partial charge in [0.15, 0.2) is 7.22 Å². The molecule has 0 amide bonds. The summed E-state index contributed by atoms with van der Waals surface area (Å²) < 4.78 is 0. The summed E-state index contributed by atoms with van der Waals surface area (Å²) in [4.78, 5) is 0. The second kappa shape index (κ2) is 4.94. The predicted octanol–water partition coefficient (Wildman–Crippen LogP) is 3.48. The van der Waals surface area contributed by atoms with Crippen LogP contribution in [0.2, 0.25) is 5.04 Å². The Hall–Kier alpha value is -0.993. The smallest absolute Gasteiger partial charge is 0.179 e. The first-order valence-corrected chi connectivity index (χ1v) is 9.58. The van der Waals surface area contributed by atoms with Gasteiger partial charge < -0.3 is 0 Å². The second-order valence-corrected chi connectivity index (χ2v) is 11.8. The van der Waals surface area contributed by atoms with E-state index < -0.39 is 7.22 Å². The van der Waals surface area contributed by atoms with Crippen LogP contribution in [0.3, 0.4) is 0 Å². The van der Waals surface area contributed by atoms with Gasteiger partial charge in [-0.25, -0.2) is 0 Å². The molecule has 2 aromatic carbocycles. The van der Waals surface area contributed by atoms with E-state index in [1.807, 2.05) is 0 Å². The molecule has 0 aliphatic heterocycles. The average Bonchev–Trinajstić information content (AvgIpc) is 2.38. The molecule has 0 bridgehead atoms. The van der Waals surface area contributed by atoms with Crippen LogP contribution in [-0.4, -0.2) is 7.22 Å². The lowest BCUT2D eigenvalue weighted by molar-refractivity contribution is 0.746. The molecule has 0 saturated heterocycles. The summed E-state index contributed by atoms with van der Waals surface area (Å²) in [6.07, 6.45) is 0. The molecule has 0 N–H and O–H groups in total. The Labute approximate surface area is 116 Å². The second-order valence-electron chi connectivity index (χ2n) is 5.69. The molecule has 0 radical (unpaired) electrons. The van der Waals surface area contributed by atoms with Crippen LogP contribution in [0.4, 0.5) is 0 Å². The zero-order valence-corrected chi connectivity index (χ0v) is 13.1. The third-order valence-corrected chi connectivity index (χ3v) is 11.5. The Bertz CT molecular complexity index is 460. The Kier molecular flexibility index (Phi) is 3.69. The van der Waals surface area contributed by atoms with E-state index in [9.17, 15) is 0 Å². The third-order valence-electron chi connectivity index (χ3n) is 3.47. The Morgan fingerprint density at radius 3 is 1.33 bits per heavy atom. The Morgan fingerprint density at radius 2 is 1.06 bits per heavy atom. The highest BCUT2D eigenvalue weighted by molar-refractivity contribution is 8.18. The lowest BCUT2D eigenvalue weighted by atomic mass is 10.2. The molecule has 0 atom stereocenters. The standard InChI is InChI=1S/C16H20SSi/c1-16(2,3)18(17,14-10-6-4-7-11-14)15-12-8-5-9-13-15/h4-13,17H,1-3H3. The summed E-state index contributed by atoms with van der Waals surface area (Å²) in [5.74, 6) is 0. The summed E-state index contributed by atoms with van der Waals surface area (Å²) >= 11 is 5.22. The van der Waals surface area contributed by atoms with Gasteiger partial charge in [0.1, 0.15) is 0 Å². The maximum absolute atomic E-state index is 5.22. The first-order chi connectivity index (χ1) is 8.46. The highest BCUT2D eigenvalue weighted by Gasteiger charge is 2.44. The first-order valence-electron chi connectivity index (χ1n) is 6.29. The van der Waals surface area contributed by atoms with Crippen molar-refractivity contribution in [3.8, 4) is 0 Å². The molecule has 0 unspecified atom stereocenters. The molecular formula is C16H20SSi. The molecule has 0 aliphatic rings. The van der Waals surface area contributed by atoms with Crippen molar-refractivity contribution in [3.05, 3.63) is 60.7 Å². The van der Waals surface area contributed by atoms with Crippen LogP contribution >= 0.6 is 12.1 Å². The molecule has 94 valence electrons. The van der Waals surface area contributed by atoms with Gasteiger partial charge in [-0.3, -0.25) is 0 Å². The van der Waals surface area contributed by atoms with Gasteiger partial charge in [0.05, 0.1) is 0 Å². The van der Waals surface area contributed by atoms with Gasteiger partial charge in [0, 0.05) is 0 Å². The van der Waals surface area contributed by atoms with Crippen molar-refractivity contribution in [2.45, 2.75) is 25.8 Å². The molecule has 0 saturated carbocycles. The fourth-order valence-corrected chi connectivity index (χ4v) is 6.70. The van der Waals surface area contributed by atoms with Crippen LogP contribution in [0.25, 0.3) is 0 Å². The van der Waals surface area contributed by atoms with Gasteiger partial charge in [0.2, 0.25) is 0 Å². The van der Waals surface area contributed by atoms with Crippen LogP contribution < -0.4 is 10.4 Å². The van der Waals surface area contributed by atoms with Crippen LogP contribution in [-0.2, 0) is 0 Å². The molecule has 0 spiro atoms. The normalized spacial score (nSPS) is 12.4. The van der Waals surface area contributed by atoms with E-state index in [2.05, 4.69) is 81.4 Å². The fourth-order valence-electron chi connectivity index (χ4n) is 2.39. The maximum Gasteiger partial charge on any atom is 0.179 e. The highest BCUT2D eigenvalue weighted by atomic mass is 32.3. The van der Waals surface area contributed by atoms with Crippen molar-refractivity contribution in [2.75, 3.05) is 0 Å². The minimum Gasteiger partial charge on any atom is -0.191 e.